The first-order chi connectivity index (χ1) is 6.77. The molecule has 0 bridgehead atoms. The first-order valence-electron chi connectivity index (χ1n) is 3.90. The van der Waals surface area contributed by atoms with E-state index >= 15 is 0 Å². The second-order valence-electron chi connectivity index (χ2n) is 2.63. The number of nitrogens with zero attached hydrogens (tertiary/aromatic N) is 3. The Kier molecular flexibility index (Phi) is 2.60. The van der Waals surface area contributed by atoms with Crippen molar-refractivity contribution in [2.45, 2.75) is 6.42 Å². The van der Waals surface area contributed by atoms with Crippen molar-refractivity contribution in [2.75, 3.05) is 5.73 Å². The molecule has 0 spiro atoms. The van der Waals surface area contributed by atoms with Crippen LogP contribution >= 0.6 is 22.9 Å². The minimum absolute atomic E-state index is 0.298. The van der Waals surface area contributed by atoms with Crippen LogP contribution in [-0.2, 0) is 6.42 Å². The Hall–Kier alpha value is -1.20. The van der Waals surface area contributed by atoms with Crippen LogP contribution in [0.3, 0.4) is 0 Å². The van der Waals surface area contributed by atoms with Gasteiger partial charge >= 0.3 is 0 Å². The van der Waals surface area contributed by atoms with Crippen molar-refractivity contribution in [3.63, 3.8) is 0 Å². The molecular formula is C8H7ClN4S. The summed E-state index contributed by atoms with van der Waals surface area (Å²) in [4.78, 5) is 12.0. The fraction of sp³-hybridized carbons (Fsp3) is 0.125. The average molecular weight is 227 g/mol. The number of aromatic nitrogens is 3. The zero-order valence-corrected chi connectivity index (χ0v) is 8.72. The molecule has 6 heteroatoms. The van der Waals surface area contributed by atoms with Gasteiger partial charge in [-0.2, -0.15) is 0 Å². The van der Waals surface area contributed by atoms with Crippen LogP contribution in [0.15, 0.2) is 17.9 Å². The number of hydrogen-bond donors (Lipinski definition) is 1. The van der Waals surface area contributed by atoms with Gasteiger partial charge < -0.3 is 5.73 Å². The molecule has 0 aliphatic carbocycles. The molecule has 0 unspecified atom stereocenters. The van der Waals surface area contributed by atoms with Crippen molar-refractivity contribution in [1.82, 2.24) is 15.0 Å². The molecule has 2 heterocycles. The normalized spacial score (nSPS) is 10.4. The third-order valence-corrected chi connectivity index (χ3v) is 2.80. The minimum Gasteiger partial charge on any atom is -0.395 e. The number of hydrogen-bond acceptors (Lipinski definition) is 5. The van der Waals surface area contributed by atoms with Gasteiger partial charge in [-0.3, -0.25) is 0 Å². The van der Waals surface area contributed by atoms with Crippen LogP contribution in [0.1, 0.15) is 10.7 Å². The highest BCUT2D eigenvalue weighted by atomic mass is 35.5. The average Bonchev–Trinajstić information content (AvgIpc) is 2.66. The van der Waals surface area contributed by atoms with Crippen LogP contribution in [0.5, 0.6) is 0 Å². The first kappa shape index (κ1) is 9.36. The zero-order chi connectivity index (χ0) is 9.97. The Labute approximate surface area is 89.8 Å². The van der Waals surface area contributed by atoms with Gasteiger partial charge in [0, 0.05) is 18.0 Å². The molecule has 0 amide bonds. The van der Waals surface area contributed by atoms with Crippen molar-refractivity contribution >= 4 is 28.6 Å². The van der Waals surface area contributed by atoms with Gasteiger partial charge in [-0.1, -0.05) is 11.6 Å². The van der Waals surface area contributed by atoms with Crippen LogP contribution < -0.4 is 5.73 Å². The molecule has 0 aromatic carbocycles. The Bertz CT molecular complexity index is 429. The molecule has 72 valence electrons. The van der Waals surface area contributed by atoms with Crippen molar-refractivity contribution < 1.29 is 0 Å². The van der Waals surface area contributed by atoms with Gasteiger partial charge in [0.2, 0.25) is 0 Å². The molecule has 0 aliphatic heterocycles. The van der Waals surface area contributed by atoms with Crippen molar-refractivity contribution in [2.24, 2.45) is 0 Å². The van der Waals surface area contributed by atoms with E-state index in [-0.39, 0.29) is 0 Å². The maximum atomic E-state index is 5.76. The third-order valence-electron chi connectivity index (χ3n) is 1.72. The summed E-state index contributed by atoms with van der Waals surface area (Å²) in [5.74, 6) is 0. The van der Waals surface area contributed by atoms with E-state index in [1.54, 1.807) is 17.5 Å². The van der Waals surface area contributed by atoms with Gasteiger partial charge in [0.05, 0.1) is 16.4 Å². The zero-order valence-electron chi connectivity index (χ0n) is 7.14. The van der Waals surface area contributed by atoms with E-state index in [4.69, 9.17) is 17.3 Å². The number of thiazole rings is 1. The lowest BCUT2D eigenvalue weighted by Gasteiger charge is -2.02. The molecule has 14 heavy (non-hydrogen) atoms. The van der Waals surface area contributed by atoms with Gasteiger partial charge in [0.1, 0.15) is 6.33 Å². The van der Waals surface area contributed by atoms with E-state index in [0.29, 0.717) is 17.3 Å². The summed E-state index contributed by atoms with van der Waals surface area (Å²) in [5.41, 5.74) is 6.88. The predicted molar refractivity (Wildman–Crippen MR) is 56.4 cm³/mol. The smallest absolute Gasteiger partial charge is 0.155 e. The SMILES string of the molecule is Nc1c(Cl)ncnc1Cc1nccs1. The van der Waals surface area contributed by atoms with Crippen molar-refractivity contribution in [3.05, 3.63) is 33.8 Å². The Morgan fingerprint density at radius 1 is 1.36 bits per heavy atom. The molecule has 0 atom stereocenters. The highest BCUT2D eigenvalue weighted by molar-refractivity contribution is 7.09. The number of nitrogens with two attached hydrogens (primary N) is 1. The van der Waals surface area contributed by atoms with Crippen molar-refractivity contribution in [3.8, 4) is 0 Å². The number of rotatable bonds is 2. The molecule has 2 rings (SSSR count). The summed E-state index contributed by atoms with van der Waals surface area (Å²) in [6.45, 7) is 0. The highest BCUT2D eigenvalue weighted by Gasteiger charge is 2.07. The fourth-order valence-corrected chi connectivity index (χ4v) is 1.81. The maximum absolute atomic E-state index is 5.76. The number of nitrogen functional groups attached to an aromatic ring is 1. The summed E-state index contributed by atoms with van der Waals surface area (Å²) < 4.78 is 0. The second-order valence-corrected chi connectivity index (χ2v) is 3.96. The molecule has 0 radical (unpaired) electrons. The Morgan fingerprint density at radius 3 is 2.93 bits per heavy atom. The fourth-order valence-electron chi connectivity index (χ4n) is 1.03. The van der Waals surface area contributed by atoms with E-state index in [2.05, 4.69) is 15.0 Å². The Balaban J connectivity index is 2.29. The molecule has 0 saturated carbocycles. The summed E-state index contributed by atoms with van der Waals surface area (Å²) in [6, 6.07) is 0. The van der Waals surface area contributed by atoms with E-state index in [9.17, 15) is 0 Å². The third kappa shape index (κ3) is 1.83. The van der Waals surface area contributed by atoms with E-state index in [0.717, 1.165) is 10.7 Å². The monoisotopic (exact) mass is 226 g/mol. The lowest BCUT2D eigenvalue weighted by molar-refractivity contribution is 1.02. The molecule has 2 aromatic heterocycles. The number of anilines is 1. The standard InChI is InChI=1S/C8H7ClN4S/c9-8-7(10)5(12-4-13-8)3-6-11-1-2-14-6/h1-2,4H,3,10H2. The van der Waals surface area contributed by atoms with E-state index in [1.807, 2.05) is 5.38 Å². The van der Waals surface area contributed by atoms with E-state index < -0.39 is 0 Å². The van der Waals surface area contributed by atoms with Gasteiger partial charge in [-0.15, -0.1) is 11.3 Å². The summed E-state index contributed by atoms with van der Waals surface area (Å²) in [7, 11) is 0. The number of halogens is 1. The quantitative estimate of drug-likeness (QED) is 0.793. The lowest BCUT2D eigenvalue weighted by Crippen LogP contribution is -2.00. The van der Waals surface area contributed by atoms with Crippen LogP contribution in [0, 0.1) is 0 Å². The minimum atomic E-state index is 0.298. The van der Waals surface area contributed by atoms with Crippen LogP contribution in [0.25, 0.3) is 0 Å². The molecule has 4 nitrogen and oxygen atoms in total. The first-order valence-corrected chi connectivity index (χ1v) is 5.16. The lowest BCUT2D eigenvalue weighted by atomic mass is 10.3. The largest absolute Gasteiger partial charge is 0.395 e. The van der Waals surface area contributed by atoms with Crippen LogP contribution in [0.4, 0.5) is 5.69 Å². The van der Waals surface area contributed by atoms with Gasteiger partial charge in [-0.05, 0) is 0 Å². The van der Waals surface area contributed by atoms with Gasteiger partial charge in [0.25, 0.3) is 0 Å². The molecule has 0 aliphatic rings. The summed E-state index contributed by atoms with van der Waals surface area (Å²) in [6.07, 6.45) is 3.76. The highest BCUT2D eigenvalue weighted by Crippen LogP contribution is 2.20. The van der Waals surface area contributed by atoms with E-state index in [1.165, 1.54) is 6.33 Å². The van der Waals surface area contributed by atoms with Gasteiger partial charge in [-0.25, -0.2) is 15.0 Å². The summed E-state index contributed by atoms with van der Waals surface area (Å²) >= 11 is 7.32. The molecule has 2 aromatic rings. The maximum Gasteiger partial charge on any atom is 0.155 e. The van der Waals surface area contributed by atoms with Crippen molar-refractivity contribution in [1.29, 1.82) is 0 Å². The van der Waals surface area contributed by atoms with Crippen LogP contribution in [-0.4, -0.2) is 15.0 Å². The molecular weight excluding hydrogens is 220 g/mol. The van der Waals surface area contributed by atoms with Crippen LogP contribution in [0.2, 0.25) is 5.15 Å². The topological polar surface area (TPSA) is 64.7 Å². The predicted octanol–water partition coefficient (Wildman–Crippen LogP) is 1.76. The Morgan fingerprint density at radius 2 is 2.21 bits per heavy atom. The molecule has 2 N–H and O–H groups in total. The van der Waals surface area contributed by atoms with Gasteiger partial charge in [0.15, 0.2) is 5.15 Å². The molecule has 0 saturated heterocycles. The second kappa shape index (κ2) is 3.89. The molecule has 0 fully saturated rings. The summed E-state index contributed by atoms with van der Waals surface area (Å²) in [5, 5.41) is 3.17.